The number of alkyl halides is 1. The van der Waals surface area contributed by atoms with Crippen molar-refractivity contribution in [2.24, 2.45) is 5.41 Å². The van der Waals surface area contributed by atoms with Gasteiger partial charge in [0.05, 0.1) is 17.0 Å². The summed E-state index contributed by atoms with van der Waals surface area (Å²) in [6.45, 7) is 4.05. The Morgan fingerprint density at radius 2 is 2.00 bits per heavy atom. The van der Waals surface area contributed by atoms with Crippen LogP contribution in [0.25, 0.3) is 0 Å². The minimum atomic E-state index is -0.561. The molecule has 0 unspecified atom stereocenters. The molecule has 1 amide bonds. The van der Waals surface area contributed by atoms with Crippen LogP contribution in [0.3, 0.4) is 0 Å². The maximum Gasteiger partial charge on any atom is 0.227 e. The lowest BCUT2D eigenvalue weighted by Crippen LogP contribution is -2.37. The van der Waals surface area contributed by atoms with Gasteiger partial charge in [-0.1, -0.05) is 12.1 Å². The van der Waals surface area contributed by atoms with E-state index in [1.165, 1.54) is 0 Å². The Bertz CT molecular complexity index is 432. The van der Waals surface area contributed by atoms with Crippen molar-refractivity contribution < 1.29 is 4.79 Å². The molecule has 3 nitrogen and oxygen atoms in total. The van der Waals surface area contributed by atoms with Crippen LogP contribution in [0.2, 0.25) is 0 Å². The molecule has 0 spiro atoms. The maximum absolute atomic E-state index is 11.7. The second kappa shape index (κ2) is 5.70. The lowest BCUT2D eigenvalue weighted by atomic mass is 9.95. The summed E-state index contributed by atoms with van der Waals surface area (Å²) in [5.74, 6) is 0.212. The summed E-state index contributed by atoms with van der Waals surface area (Å²) in [5, 5.41) is 11.5. The Kier molecular flexibility index (Phi) is 4.53. The van der Waals surface area contributed by atoms with Crippen LogP contribution in [-0.2, 0) is 11.3 Å². The number of carbonyl (C=O) groups is 1. The van der Waals surface area contributed by atoms with E-state index in [1.54, 1.807) is 26.0 Å². The maximum atomic E-state index is 11.7. The van der Waals surface area contributed by atoms with Gasteiger partial charge in [-0.3, -0.25) is 4.79 Å². The Balaban J connectivity index is 2.56. The first kappa shape index (κ1) is 13.5. The SMILES string of the molecule is CC(C)(CCl)C(=O)NCc1ccc(C#N)cc1. The number of hydrogen-bond donors (Lipinski definition) is 1. The van der Waals surface area contributed by atoms with E-state index in [2.05, 4.69) is 5.32 Å². The minimum Gasteiger partial charge on any atom is -0.352 e. The summed E-state index contributed by atoms with van der Waals surface area (Å²) < 4.78 is 0. The second-order valence-electron chi connectivity index (χ2n) is 4.51. The summed E-state index contributed by atoms with van der Waals surface area (Å²) in [6.07, 6.45) is 0. The topological polar surface area (TPSA) is 52.9 Å². The van der Waals surface area contributed by atoms with Gasteiger partial charge in [-0.15, -0.1) is 11.6 Å². The number of carbonyl (C=O) groups excluding carboxylic acids is 1. The van der Waals surface area contributed by atoms with Gasteiger partial charge in [0.25, 0.3) is 0 Å². The molecule has 0 fully saturated rings. The highest BCUT2D eigenvalue weighted by atomic mass is 35.5. The molecule has 1 aromatic rings. The van der Waals surface area contributed by atoms with Crippen molar-refractivity contribution in [1.29, 1.82) is 5.26 Å². The third-order valence-electron chi connectivity index (χ3n) is 2.48. The monoisotopic (exact) mass is 250 g/mol. The fourth-order valence-electron chi connectivity index (χ4n) is 1.18. The molecule has 0 heterocycles. The molecule has 0 aromatic heterocycles. The van der Waals surface area contributed by atoms with E-state index < -0.39 is 5.41 Å². The quantitative estimate of drug-likeness (QED) is 0.835. The molecule has 0 aliphatic carbocycles. The van der Waals surface area contributed by atoms with Gasteiger partial charge in [0.2, 0.25) is 5.91 Å². The Hall–Kier alpha value is -1.53. The summed E-state index contributed by atoms with van der Waals surface area (Å²) in [5.41, 5.74) is 1.01. The first-order chi connectivity index (χ1) is 7.99. The zero-order chi connectivity index (χ0) is 12.9. The van der Waals surface area contributed by atoms with Gasteiger partial charge in [0.15, 0.2) is 0 Å². The van der Waals surface area contributed by atoms with Crippen molar-refractivity contribution in [3.63, 3.8) is 0 Å². The number of benzene rings is 1. The average Bonchev–Trinajstić information content (AvgIpc) is 2.36. The van der Waals surface area contributed by atoms with Crippen molar-refractivity contribution in [1.82, 2.24) is 5.32 Å². The zero-order valence-electron chi connectivity index (χ0n) is 9.96. The third-order valence-corrected chi connectivity index (χ3v) is 3.15. The molecular formula is C13H15ClN2O. The summed E-state index contributed by atoms with van der Waals surface area (Å²) in [7, 11) is 0. The van der Waals surface area contributed by atoms with Gasteiger partial charge in [-0.2, -0.15) is 5.26 Å². The van der Waals surface area contributed by atoms with Gasteiger partial charge >= 0.3 is 0 Å². The van der Waals surface area contributed by atoms with Gasteiger partial charge in [-0.05, 0) is 31.5 Å². The van der Waals surface area contributed by atoms with Crippen molar-refractivity contribution in [3.05, 3.63) is 35.4 Å². The molecule has 0 radical (unpaired) electrons. The molecule has 0 aliphatic heterocycles. The van der Waals surface area contributed by atoms with E-state index in [0.717, 1.165) is 5.56 Å². The van der Waals surface area contributed by atoms with Crippen molar-refractivity contribution in [2.45, 2.75) is 20.4 Å². The molecule has 90 valence electrons. The van der Waals surface area contributed by atoms with Crippen LogP contribution in [0.1, 0.15) is 25.0 Å². The van der Waals surface area contributed by atoms with Crippen LogP contribution < -0.4 is 5.32 Å². The predicted octanol–water partition coefficient (Wildman–Crippen LogP) is 2.44. The van der Waals surface area contributed by atoms with Gasteiger partial charge < -0.3 is 5.32 Å². The molecule has 1 N–H and O–H groups in total. The summed E-state index contributed by atoms with van der Waals surface area (Å²) in [4.78, 5) is 11.7. The van der Waals surface area contributed by atoms with E-state index in [4.69, 9.17) is 16.9 Å². The highest BCUT2D eigenvalue weighted by molar-refractivity contribution is 6.19. The smallest absolute Gasteiger partial charge is 0.227 e. The highest BCUT2D eigenvalue weighted by Gasteiger charge is 2.25. The van der Waals surface area contributed by atoms with Gasteiger partial charge in [0, 0.05) is 12.4 Å². The van der Waals surface area contributed by atoms with E-state index in [9.17, 15) is 4.79 Å². The molecule has 17 heavy (non-hydrogen) atoms. The van der Waals surface area contributed by atoms with E-state index >= 15 is 0 Å². The van der Waals surface area contributed by atoms with Gasteiger partial charge in [-0.25, -0.2) is 0 Å². The van der Waals surface area contributed by atoms with Crippen LogP contribution in [0.4, 0.5) is 0 Å². The van der Waals surface area contributed by atoms with Crippen molar-refractivity contribution in [2.75, 3.05) is 5.88 Å². The molecule has 1 aromatic carbocycles. The van der Waals surface area contributed by atoms with Crippen LogP contribution in [0.15, 0.2) is 24.3 Å². The Morgan fingerprint density at radius 1 is 1.41 bits per heavy atom. The number of halogens is 1. The average molecular weight is 251 g/mol. The van der Waals surface area contributed by atoms with Crippen LogP contribution in [-0.4, -0.2) is 11.8 Å². The number of hydrogen-bond acceptors (Lipinski definition) is 2. The highest BCUT2D eigenvalue weighted by Crippen LogP contribution is 2.17. The normalized spacial score (nSPS) is 10.7. The molecule has 0 saturated heterocycles. The zero-order valence-corrected chi connectivity index (χ0v) is 10.7. The Morgan fingerprint density at radius 3 is 2.47 bits per heavy atom. The van der Waals surface area contributed by atoms with Crippen LogP contribution in [0, 0.1) is 16.7 Å². The predicted molar refractivity (Wildman–Crippen MR) is 67.5 cm³/mol. The second-order valence-corrected chi connectivity index (χ2v) is 4.78. The van der Waals surface area contributed by atoms with Gasteiger partial charge in [0.1, 0.15) is 0 Å². The molecule has 0 saturated carbocycles. The van der Waals surface area contributed by atoms with Crippen LogP contribution >= 0.6 is 11.6 Å². The number of nitrogens with zero attached hydrogens (tertiary/aromatic N) is 1. The number of nitriles is 1. The number of nitrogens with one attached hydrogen (secondary N) is 1. The Labute approximate surface area is 106 Å². The molecular weight excluding hydrogens is 236 g/mol. The first-order valence-electron chi connectivity index (χ1n) is 5.33. The number of amides is 1. The summed E-state index contributed by atoms with van der Waals surface area (Å²) >= 11 is 5.71. The van der Waals surface area contributed by atoms with E-state index in [-0.39, 0.29) is 11.8 Å². The lowest BCUT2D eigenvalue weighted by Gasteiger charge is -2.20. The number of rotatable bonds is 4. The largest absolute Gasteiger partial charge is 0.352 e. The fourth-order valence-corrected chi connectivity index (χ4v) is 1.30. The first-order valence-corrected chi connectivity index (χ1v) is 5.86. The fraction of sp³-hybridized carbons (Fsp3) is 0.385. The molecule has 0 bridgehead atoms. The van der Waals surface area contributed by atoms with Crippen LogP contribution in [0.5, 0.6) is 0 Å². The summed E-state index contributed by atoms with van der Waals surface area (Å²) in [6, 6.07) is 9.16. The molecule has 0 atom stereocenters. The molecule has 0 aliphatic rings. The van der Waals surface area contributed by atoms with E-state index in [0.29, 0.717) is 12.1 Å². The lowest BCUT2D eigenvalue weighted by molar-refractivity contribution is -0.128. The third kappa shape index (κ3) is 3.76. The van der Waals surface area contributed by atoms with E-state index in [1.807, 2.05) is 18.2 Å². The molecule has 1 rings (SSSR count). The standard InChI is InChI=1S/C13H15ClN2O/c1-13(2,9-14)12(17)16-8-11-5-3-10(7-15)4-6-11/h3-6H,8-9H2,1-2H3,(H,16,17). The minimum absolute atomic E-state index is 0.0724. The van der Waals surface area contributed by atoms with Crippen molar-refractivity contribution >= 4 is 17.5 Å². The molecule has 4 heteroatoms. The van der Waals surface area contributed by atoms with Crippen molar-refractivity contribution in [3.8, 4) is 6.07 Å².